The van der Waals surface area contributed by atoms with Crippen molar-refractivity contribution in [3.05, 3.63) is 28.6 Å². The summed E-state index contributed by atoms with van der Waals surface area (Å²) in [6, 6.07) is 2.00. The third-order valence-corrected chi connectivity index (χ3v) is 5.26. The molecule has 4 rings (SSSR count). The number of likely N-dealkylation sites (tertiary alicyclic amines) is 1. The molecule has 2 aromatic rings. The van der Waals surface area contributed by atoms with Crippen LogP contribution < -0.4 is 0 Å². The molecule has 0 atom stereocenters. The summed E-state index contributed by atoms with van der Waals surface area (Å²) in [6.07, 6.45) is 3.78. The van der Waals surface area contributed by atoms with Gasteiger partial charge in [-0.15, -0.1) is 0 Å². The van der Waals surface area contributed by atoms with E-state index in [-0.39, 0.29) is 5.91 Å². The minimum absolute atomic E-state index is 0.0852. The average Bonchev–Trinajstić information content (AvgIpc) is 3.15. The van der Waals surface area contributed by atoms with Crippen LogP contribution >= 0.6 is 11.3 Å². The maximum Gasteiger partial charge on any atom is 0.257 e. The highest BCUT2D eigenvalue weighted by Gasteiger charge is 2.46. The first-order chi connectivity index (χ1) is 10.3. The van der Waals surface area contributed by atoms with Gasteiger partial charge in [0.15, 0.2) is 0 Å². The molecule has 2 aromatic heterocycles. The SMILES string of the molecule is O=C(c1cn[nH]c1-c1ccsc1)N1CC2(CCOCC2)C1. The van der Waals surface area contributed by atoms with Crippen molar-refractivity contribution in [2.45, 2.75) is 12.8 Å². The van der Waals surface area contributed by atoms with E-state index in [0.717, 1.165) is 50.4 Å². The molecule has 1 spiro atoms. The summed E-state index contributed by atoms with van der Waals surface area (Å²) in [4.78, 5) is 14.6. The van der Waals surface area contributed by atoms with Crippen molar-refractivity contribution in [2.75, 3.05) is 26.3 Å². The number of nitrogens with zero attached hydrogens (tertiary/aromatic N) is 2. The Morgan fingerprint density at radius 3 is 2.90 bits per heavy atom. The van der Waals surface area contributed by atoms with Crippen LogP contribution in [0.25, 0.3) is 11.3 Å². The van der Waals surface area contributed by atoms with Crippen LogP contribution in [0, 0.1) is 5.41 Å². The first-order valence-corrected chi connectivity index (χ1v) is 8.15. The monoisotopic (exact) mass is 303 g/mol. The number of amides is 1. The van der Waals surface area contributed by atoms with Crippen LogP contribution in [0.5, 0.6) is 0 Å². The maximum absolute atomic E-state index is 12.7. The summed E-state index contributed by atoms with van der Waals surface area (Å²) in [5.74, 6) is 0.0852. The second-order valence-corrected chi connectivity index (χ2v) is 6.72. The number of aromatic amines is 1. The Hall–Kier alpha value is -1.66. The lowest BCUT2D eigenvalue weighted by Gasteiger charge is -2.52. The summed E-state index contributed by atoms with van der Waals surface area (Å²) >= 11 is 1.62. The number of hydrogen-bond donors (Lipinski definition) is 1. The van der Waals surface area contributed by atoms with Crippen molar-refractivity contribution >= 4 is 17.2 Å². The number of aromatic nitrogens is 2. The summed E-state index contributed by atoms with van der Waals surface area (Å²) in [5, 5.41) is 11.0. The van der Waals surface area contributed by atoms with Crippen molar-refractivity contribution in [2.24, 2.45) is 5.41 Å². The number of thiophene rings is 1. The standard InChI is InChI=1S/C15H17N3O2S/c19-14(18-9-15(10-18)2-4-20-5-3-15)12-7-16-17-13(12)11-1-6-21-8-11/h1,6-8H,2-5,9-10H2,(H,16,17). The van der Waals surface area contributed by atoms with Gasteiger partial charge in [-0.2, -0.15) is 16.4 Å². The van der Waals surface area contributed by atoms with Crippen molar-refractivity contribution in [3.63, 3.8) is 0 Å². The fourth-order valence-corrected chi connectivity index (χ4v) is 3.92. The molecule has 2 aliphatic rings. The van der Waals surface area contributed by atoms with Gasteiger partial charge in [-0.25, -0.2) is 0 Å². The van der Waals surface area contributed by atoms with E-state index in [2.05, 4.69) is 10.2 Å². The smallest absolute Gasteiger partial charge is 0.257 e. The van der Waals surface area contributed by atoms with Crippen molar-refractivity contribution in [1.82, 2.24) is 15.1 Å². The molecule has 1 amide bonds. The fraction of sp³-hybridized carbons (Fsp3) is 0.467. The van der Waals surface area contributed by atoms with E-state index in [9.17, 15) is 4.79 Å². The number of H-pyrrole nitrogens is 1. The van der Waals surface area contributed by atoms with Crippen LogP contribution in [0.3, 0.4) is 0 Å². The molecule has 6 heteroatoms. The van der Waals surface area contributed by atoms with Crippen molar-refractivity contribution in [1.29, 1.82) is 0 Å². The Morgan fingerprint density at radius 1 is 1.38 bits per heavy atom. The molecule has 5 nitrogen and oxygen atoms in total. The van der Waals surface area contributed by atoms with Gasteiger partial charge < -0.3 is 9.64 Å². The van der Waals surface area contributed by atoms with Gasteiger partial charge in [0.1, 0.15) is 0 Å². The number of hydrogen-bond acceptors (Lipinski definition) is 4. The second kappa shape index (κ2) is 4.96. The molecule has 2 fully saturated rings. The number of rotatable bonds is 2. The number of nitrogens with one attached hydrogen (secondary N) is 1. The van der Waals surface area contributed by atoms with Gasteiger partial charge in [0, 0.05) is 42.7 Å². The summed E-state index contributed by atoms with van der Waals surface area (Å²) < 4.78 is 5.42. The van der Waals surface area contributed by atoms with Crippen LogP contribution in [-0.4, -0.2) is 47.3 Å². The van der Waals surface area contributed by atoms with Gasteiger partial charge in [-0.05, 0) is 24.3 Å². The van der Waals surface area contributed by atoms with Gasteiger partial charge in [0.2, 0.25) is 0 Å². The molecule has 110 valence electrons. The molecule has 0 radical (unpaired) electrons. The number of ether oxygens (including phenoxy) is 1. The lowest BCUT2D eigenvalue weighted by Crippen LogP contribution is -2.60. The Kier molecular flexibility index (Phi) is 3.08. The Balaban J connectivity index is 1.51. The molecule has 0 unspecified atom stereocenters. The van der Waals surface area contributed by atoms with Gasteiger partial charge in [-0.1, -0.05) is 0 Å². The lowest BCUT2D eigenvalue weighted by molar-refractivity contribution is -0.0666. The third kappa shape index (κ3) is 2.18. The molecule has 0 bridgehead atoms. The van der Waals surface area contributed by atoms with E-state index in [1.54, 1.807) is 17.5 Å². The van der Waals surface area contributed by atoms with E-state index in [4.69, 9.17) is 4.74 Å². The Morgan fingerprint density at radius 2 is 2.19 bits per heavy atom. The quantitative estimate of drug-likeness (QED) is 0.927. The van der Waals surface area contributed by atoms with Crippen LogP contribution in [0.4, 0.5) is 0 Å². The predicted molar refractivity (Wildman–Crippen MR) is 80.3 cm³/mol. The van der Waals surface area contributed by atoms with Crippen LogP contribution in [0.1, 0.15) is 23.2 Å². The molecule has 2 aliphatic heterocycles. The predicted octanol–water partition coefficient (Wildman–Crippen LogP) is 2.39. The Bertz CT molecular complexity index is 636. The number of carbonyl (C=O) groups is 1. The van der Waals surface area contributed by atoms with Crippen molar-refractivity contribution < 1.29 is 9.53 Å². The van der Waals surface area contributed by atoms with Crippen LogP contribution in [0.2, 0.25) is 0 Å². The summed E-state index contributed by atoms with van der Waals surface area (Å²) in [5.41, 5.74) is 2.84. The summed E-state index contributed by atoms with van der Waals surface area (Å²) in [7, 11) is 0. The molecule has 2 saturated heterocycles. The van der Waals surface area contributed by atoms with E-state index in [1.807, 2.05) is 21.7 Å². The normalized spacial score (nSPS) is 20.5. The van der Waals surface area contributed by atoms with Gasteiger partial charge in [0.25, 0.3) is 5.91 Å². The summed E-state index contributed by atoms with van der Waals surface area (Å²) in [6.45, 7) is 3.36. The van der Waals surface area contributed by atoms with E-state index in [1.165, 1.54) is 0 Å². The molecule has 21 heavy (non-hydrogen) atoms. The van der Waals surface area contributed by atoms with E-state index < -0.39 is 0 Å². The first-order valence-electron chi connectivity index (χ1n) is 7.20. The molecule has 0 aromatic carbocycles. The van der Waals surface area contributed by atoms with E-state index >= 15 is 0 Å². The first kappa shape index (κ1) is 13.0. The Labute approximate surface area is 126 Å². The molecule has 0 aliphatic carbocycles. The largest absolute Gasteiger partial charge is 0.381 e. The van der Waals surface area contributed by atoms with Crippen LogP contribution in [-0.2, 0) is 4.74 Å². The minimum atomic E-state index is 0.0852. The minimum Gasteiger partial charge on any atom is -0.381 e. The lowest BCUT2D eigenvalue weighted by atomic mass is 9.73. The van der Waals surface area contributed by atoms with Crippen molar-refractivity contribution in [3.8, 4) is 11.3 Å². The van der Waals surface area contributed by atoms with Crippen LogP contribution in [0.15, 0.2) is 23.0 Å². The molecule has 1 N–H and O–H groups in total. The highest BCUT2D eigenvalue weighted by Crippen LogP contribution is 2.40. The zero-order valence-electron chi connectivity index (χ0n) is 11.7. The van der Waals surface area contributed by atoms with E-state index in [0.29, 0.717) is 11.0 Å². The van der Waals surface area contributed by atoms with Gasteiger partial charge >= 0.3 is 0 Å². The van der Waals surface area contributed by atoms with Gasteiger partial charge in [0.05, 0.1) is 17.5 Å². The molecular weight excluding hydrogens is 286 g/mol. The fourth-order valence-electron chi connectivity index (χ4n) is 3.27. The highest BCUT2D eigenvalue weighted by molar-refractivity contribution is 7.08. The molecule has 4 heterocycles. The topological polar surface area (TPSA) is 58.2 Å². The highest BCUT2D eigenvalue weighted by atomic mass is 32.1. The van der Waals surface area contributed by atoms with Gasteiger partial charge in [-0.3, -0.25) is 9.89 Å². The molecular formula is C15H17N3O2S. The maximum atomic E-state index is 12.7. The second-order valence-electron chi connectivity index (χ2n) is 5.94. The zero-order valence-corrected chi connectivity index (χ0v) is 12.5. The number of carbonyl (C=O) groups excluding carboxylic acids is 1. The average molecular weight is 303 g/mol. The zero-order chi connectivity index (χ0) is 14.3. The molecule has 0 saturated carbocycles. The third-order valence-electron chi connectivity index (χ3n) is 4.57.